The Morgan fingerprint density at radius 3 is 2.46 bits per heavy atom. The standard InChI is InChI=1S/C22H23FN4O/c23-20-7-3-18(4-8-20)17-25-12-2-13-26(16-15-25)22(28)19-5-9-21(10-6-19)27-14-1-11-24-27/h1,3-11,14H,2,12-13,15-17H2. The van der Waals surface area contributed by atoms with Crippen LogP contribution < -0.4 is 0 Å². The van der Waals surface area contributed by atoms with Crippen molar-refractivity contribution in [1.82, 2.24) is 19.6 Å². The highest BCUT2D eigenvalue weighted by atomic mass is 19.1. The summed E-state index contributed by atoms with van der Waals surface area (Å²) in [6.45, 7) is 3.97. The molecule has 1 saturated heterocycles. The van der Waals surface area contributed by atoms with Crippen LogP contribution in [-0.2, 0) is 6.54 Å². The van der Waals surface area contributed by atoms with Crippen molar-refractivity contribution in [2.24, 2.45) is 0 Å². The molecule has 0 unspecified atom stereocenters. The van der Waals surface area contributed by atoms with Crippen molar-refractivity contribution in [2.45, 2.75) is 13.0 Å². The van der Waals surface area contributed by atoms with Crippen LogP contribution in [0.25, 0.3) is 5.69 Å². The molecule has 0 bridgehead atoms. The number of nitrogens with zero attached hydrogens (tertiary/aromatic N) is 4. The lowest BCUT2D eigenvalue weighted by molar-refractivity contribution is 0.0761. The van der Waals surface area contributed by atoms with Gasteiger partial charge in [0, 0.05) is 50.7 Å². The van der Waals surface area contributed by atoms with E-state index in [9.17, 15) is 9.18 Å². The van der Waals surface area contributed by atoms with Crippen molar-refractivity contribution in [3.8, 4) is 5.69 Å². The molecule has 1 amide bonds. The van der Waals surface area contributed by atoms with Gasteiger partial charge >= 0.3 is 0 Å². The molecule has 2 heterocycles. The van der Waals surface area contributed by atoms with E-state index in [1.165, 1.54) is 12.1 Å². The summed E-state index contributed by atoms with van der Waals surface area (Å²) in [5.74, 6) is -0.148. The van der Waals surface area contributed by atoms with Crippen molar-refractivity contribution < 1.29 is 9.18 Å². The summed E-state index contributed by atoms with van der Waals surface area (Å²) in [6, 6.07) is 16.1. The molecule has 0 aliphatic carbocycles. The largest absolute Gasteiger partial charge is 0.337 e. The Morgan fingerprint density at radius 2 is 1.75 bits per heavy atom. The van der Waals surface area contributed by atoms with Crippen molar-refractivity contribution in [1.29, 1.82) is 0 Å². The van der Waals surface area contributed by atoms with Crippen LogP contribution in [0.15, 0.2) is 67.0 Å². The molecule has 6 heteroatoms. The van der Waals surface area contributed by atoms with E-state index in [0.29, 0.717) is 12.1 Å². The monoisotopic (exact) mass is 378 g/mol. The fourth-order valence-electron chi connectivity index (χ4n) is 3.54. The molecule has 5 nitrogen and oxygen atoms in total. The van der Waals surface area contributed by atoms with Crippen LogP contribution in [-0.4, -0.2) is 51.7 Å². The topological polar surface area (TPSA) is 41.4 Å². The summed E-state index contributed by atoms with van der Waals surface area (Å²) < 4.78 is 14.8. The second kappa shape index (κ2) is 8.35. The number of rotatable bonds is 4. The van der Waals surface area contributed by atoms with Gasteiger partial charge in [-0.15, -0.1) is 0 Å². The zero-order valence-electron chi connectivity index (χ0n) is 15.7. The van der Waals surface area contributed by atoms with E-state index in [0.717, 1.165) is 43.9 Å². The molecule has 1 aromatic heterocycles. The first kappa shape index (κ1) is 18.4. The Bertz CT molecular complexity index is 907. The lowest BCUT2D eigenvalue weighted by Crippen LogP contribution is -2.35. The molecule has 28 heavy (non-hydrogen) atoms. The average Bonchev–Trinajstić information content (AvgIpc) is 3.16. The molecule has 0 spiro atoms. The maximum Gasteiger partial charge on any atom is 0.253 e. The first-order chi connectivity index (χ1) is 13.7. The van der Waals surface area contributed by atoms with Crippen LogP contribution in [0, 0.1) is 5.82 Å². The molecular weight excluding hydrogens is 355 g/mol. The quantitative estimate of drug-likeness (QED) is 0.699. The van der Waals surface area contributed by atoms with Gasteiger partial charge in [0.25, 0.3) is 5.91 Å². The third-order valence-corrected chi connectivity index (χ3v) is 5.08. The van der Waals surface area contributed by atoms with E-state index in [-0.39, 0.29) is 11.7 Å². The molecule has 144 valence electrons. The van der Waals surface area contributed by atoms with Gasteiger partial charge in [-0.25, -0.2) is 9.07 Å². The summed E-state index contributed by atoms with van der Waals surface area (Å²) in [4.78, 5) is 17.1. The molecule has 4 rings (SSSR count). The van der Waals surface area contributed by atoms with Crippen LogP contribution in [0.4, 0.5) is 4.39 Å². The number of benzene rings is 2. The molecule has 3 aromatic rings. The lowest BCUT2D eigenvalue weighted by Gasteiger charge is -2.22. The molecule has 0 radical (unpaired) electrons. The highest BCUT2D eigenvalue weighted by Gasteiger charge is 2.20. The van der Waals surface area contributed by atoms with Gasteiger partial charge < -0.3 is 4.90 Å². The summed E-state index contributed by atoms with van der Waals surface area (Å²) >= 11 is 0. The summed E-state index contributed by atoms with van der Waals surface area (Å²) in [5, 5.41) is 4.21. The van der Waals surface area contributed by atoms with Gasteiger partial charge in [-0.2, -0.15) is 5.10 Å². The highest BCUT2D eigenvalue weighted by molar-refractivity contribution is 5.94. The van der Waals surface area contributed by atoms with Gasteiger partial charge in [0.1, 0.15) is 5.82 Å². The normalized spacial score (nSPS) is 15.4. The number of hydrogen-bond donors (Lipinski definition) is 0. The first-order valence-corrected chi connectivity index (χ1v) is 9.55. The third-order valence-electron chi connectivity index (χ3n) is 5.08. The molecule has 1 aliphatic rings. The number of carbonyl (C=O) groups is 1. The van der Waals surface area contributed by atoms with Crippen molar-refractivity contribution in [3.63, 3.8) is 0 Å². The predicted molar refractivity (Wildman–Crippen MR) is 106 cm³/mol. The minimum absolute atomic E-state index is 0.0654. The second-order valence-corrected chi connectivity index (χ2v) is 7.05. The minimum atomic E-state index is -0.213. The molecular formula is C22H23FN4O. The number of halogens is 1. The highest BCUT2D eigenvalue weighted by Crippen LogP contribution is 2.14. The van der Waals surface area contributed by atoms with Gasteiger partial charge in [0.2, 0.25) is 0 Å². The zero-order chi connectivity index (χ0) is 19.3. The summed E-state index contributed by atoms with van der Waals surface area (Å²) in [5.41, 5.74) is 2.72. The maximum atomic E-state index is 13.1. The maximum absolute atomic E-state index is 13.1. The third kappa shape index (κ3) is 4.28. The van der Waals surface area contributed by atoms with Crippen LogP contribution in [0.5, 0.6) is 0 Å². The molecule has 0 saturated carbocycles. The Morgan fingerprint density at radius 1 is 0.964 bits per heavy atom. The van der Waals surface area contributed by atoms with Crippen LogP contribution in [0.3, 0.4) is 0 Å². The predicted octanol–water partition coefficient (Wildman–Crippen LogP) is 3.36. The Kier molecular flexibility index (Phi) is 5.48. The number of hydrogen-bond acceptors (Lipinski definition) is 3. The van der Waals surface area contributed by atoms with Gasteiger partial charge in [0.05, 0.1) is 5.69 Å². The van der Waals surface area contributed by atoms with E-state index in [4.69, 9.17) is 0 Å². The number of carbonyl (C=O) groups excluding carboxylic acids is 1. The molecule has 0 N–H and O–H groups in total. The van der Waals surface area contributed by atoms with Crippen molar-refractivity contribution in [3.05, 3.63) is 83.9 Å². The summed E-state index contributed by atoms with van der Waals surface area (Å²) in [7, 11) is 0. The van der Waals surface area contributed by atoms with E-state index in [1.807, 2.05) is 53.6 Å². The smallest absolute Gasteiger partial charge is 0.253 e. The zero-order valence-corrected chi connectivity index (χ0v) is 15.7. The molecule has 1 fully saturated rings. The molecule has 0 atom stereocenters. The van der Waals surface area contributed by atoms with E-state index in [1.54, 1.807) is 10.9 Å². The van der Waals surface area contributed by atoms with Gasteiger partial charge in [-0.1, -0.05) is 12.1 Å². The lowest BCUT2D eigenvalue weighted by atomic mass is 10.1. The first-order valence-electron chi connectivity index (χ1n) is 9.55. The number of amides is 1. The fourth-order valence-corrected chi connectivity index (χ4v) is 3.54. The van der Waals surface area contributed by atoms with Gasteiger partial charge in [-0.05, 0) is 54.4 Å². The van der Waals surface area contributed by atoms with Gasteiger partial charge in [0.15, 0.2) is 0 Å². The molecule has 2 aromatic carbocycles. The Hall–Kier alpha value is -2.99. The van der Waals surface area contributed by atoms with E-state index in [2.05, 4.69) is 10.00 Å². The van der Waals surface area contributed by atoms with Crippen LogP contribution in [0.1, 0.15) is 22.3 Å². The minimum Gasteiger partial charge on any atom is -0.337 e. The SMILES string of the molecule is O=C(c1ccc(-n2cccn2)cc1)N1CCCN(Cc2ccc(F)cc2)CC1. The average molecular weight is 378 g/mol. The second-order valence-electron chi connectivity index (χ2n) is 7.05. The van der Waals surface area contributed by atoms with Crippen LogP contribution in [0.2, 0.25) is 0 Å². The number of aromatic nitrogens is 2. The summed E-state index contributed by atoms with van der Waals surface area (Å²) in [6.07, 6.45) is 4.54. The van der Waals surface area contributed by atoms with Gasteiger partial charge in [-0.3, -0.25) is 9.69 Å². The molecule has 1 aliphatic heterocycles. The van der Waals surface area contributed by atoms with E-state index >= 15 is 0 Å². The Labute approximate surface area is 164 Å². The van der Waals surface area contributed by atoms with E-state index < -0.39 is 0 Å². The van der Waals surface area contributed by atoms with Crippen molar-refractivity contribution in [2.75, 3.05) is 26.2 Å². The van der Waals surface area contributed by atoms with Crippen molar-refractivity contribution >= 4 is 5.91 Å². The van der Waals surface area contributed by atoms with Crippen LogP contribution >= 0.6 is 0 Å². The Balaban J connectivity index is 1.37. The fraction of sp³-hybridized carbons (Fsp3) is 0.273.